The van der Waals surface area contributed by atoms with Gasteiger partial charge in [0.05, 0.1) is 23.6 Å². The number of anilines is 1. The molecule has 0 bridgehead atoms. The Kier molecular flexibility index (Phi) is 5.81. The number of nitrogens with one attached hydrogen (secondary N) is 1. The monoisotopic (exact) mass is 407 g/mol. The molecular weight excluding hydrogens is 389 g/mol. The van der Waals surface area contributed by atoms with Gasteiger partial charge < -0.3 is 4.90 Å². The number of halogens is 3. The number of carbonyl (C=O) groups excluding carboxylic acids is 1. The van der Waals surface area contributed by atoms with Crippen LogP contribution in [0.1, 0.15) is 11.1 Å². The first-order valence-corrected chi connectivity index (χ1v) is 8.79. The van der Waals surface area contributed by atoms with Gasteiger partial charge in [-0.15, -0.1) is 0 Å². The number of nitro benzene ring substituents is 1. The lowest BCUT2D eigenvalue weighted by Crippen LogP contribution is -2.49. The lowest BCUT2D eigenvalue weighted by atomic mass is 10.2. The molecule has 1 N–H and O–H groups in total. The first-order chi connectivity index (χ1) is 13.7. The number of amides is 1. The Morgan fingerprint density at radius 2 is 1.72 bits per heavy atom. The van der Waals surface area contributed by atoms with Crippen LogP contribution < -0.4 is 9.88 Å². The Morgan fingerprint density at radius 3 is 2.24 bits per heavy atom. The molecule has 2 heterocycles. The van der Waals surface area contributed by atoms with E-state index < -0.39 is 16.7 Å². The number of H-pyrrole nitrogens is 1. The van der Waals surface area contributed by atoms with Crippen molar-refractivity contribution < 1.29 is 27.9 Å². The summed E-state index contributed by atoms with van der Waals surface area (Å²) in [6.07, 6.45) is -0.473. The van der Waals surface area contributed by atoms with Crippen molar-refractivity contribution >= 4 is 23.5 Å². The van der Waals surface area contributed by atoms with Crippen LogP contribution >= 0.6 is 0 Å². The van der Waals surface area contributed by atoms with Crippen molar-refractivity contribution in [2.24, 2.45) is 0 Å². The van der Waals surface area contributed by atoms with Crippen LogP contribution in [0.2, 0.25) is 0 Å². The molecular formula is C19H18F3N4O3+. The molecule has 1 saturated heterocycles. The van der Waals surface area contributed by atoms with E-state index in [-0.39, 0.29) is 11.6 Å². The number of alkyl halides is 3. The lowest BCUT2D eigenvalue weighted by Gasteiger charge is -2.30. The molecule has 1 aliphatic heterocycles. The average Bonchev–Trinajstić information content (AvgIpc) is 2.72. The van der Waals surface area contributed by atoms with Crippen LogP contribution in [0.5, 0.6) is 0 Å². The normalized spacial score (nSPS) is 15.0. The minimum Gasteiger partial charge on any atom is -0.331 e. The summed E-state index contributed by atoms with van der Waals surface area (Å²) in [5.74, 6) is 0.367. The molecule has 0 radical (unpaired) electrons. The van der Waals surface area contributed by atoms with Crippen LogP contribution in [0, 0.1) is 10.1 Å². The number of aromatic nitrogens is 1. The summed E-state index contributed by atoms with van der Waals surface area (Å²) < 4.78 is 37.9. The van der Waals surface area contributed by atoms with Crippen molar-refractivity contribution in [1.82, 2.24) is 4.90 Å². The van der Waals surface area contributed by atoms with Crippen molar-refractivity contribution in [2.75, 3.05) is 31.1 Å². The zero-order valence-electron chi connectivity index (χ0n) is 15.2. The van der Waals surface area contributed by atoms with Gasteiger partial charge in [-0.1, -0.05) is 0 Å². The molecule has 0 saturated carbocycles. The van der Waals surface area contributed by atoms with E-state index in [1.165, 1.54) is 24.3 Å². The highest BCUT2D eigenvalue weighted by molar-refractivity contribution is 5.92. The zero-order chi connectivity index (χ0) is 21.0. The molecule has 0 aliphatic carbocycles. The molecule has 1 fully saturated rings. The van der Waals surface area contributed by atoms with Crippen molar-refractivity contribution in [3.8, 4) is 0 Å². The highest BCUT2D eigenvalue weighted by Crippen LogP contribution is 2.28. The van der Waals surface area contributed by atoms with Gasteiger partial charge in [-0.2, -0.15) is 13.2 Å². The van der Waals surface area contributed by atoms with E-state index in [0.29, 0.717) is 37.6 Å². The third-order valence-electron chi connectivity index (χ3n) is 4.58. The number of nitro groups is 1. The Labute approximate surface area is 164 Å². The van der Waals surface area contributed by atoms with Gasteiger partial charge in [0.15, 0.2) is 0 Å². The van der Waals surface area contributed by atoms with Crippen LogP contribution in [0.3, 0.4) is 0 Å². The van der Waals surface area contributed by atoms with Gasteiger partial charge in [0.25, 0.3) is 11.5 Å². The second kappa shape index (κ2) is 8.29. The van der Waals surface area contributed by atoms with Crippen molar-refractivity contribution in [1.29, 1.82) is 0 Å². The maximum absolute atomic E-state index is 12.6. The van der Waals surface area contributed by atoms with Gasteiger partial charge in [0.1, 0.15) is 19.3 Å². The van der Waals surface area contributed by atoms with Gasteiger partial charge in [0, 0.05) is 24.3 Å². The topological polar surface area (TPSA) is 80.8 Å². The fourth-order valence-electron chi connectivity index (χ4n) is 2.94. The van der Waals surface area contributed by atoms with E-state index in [9.17, 15) is 28.1 Å². The Morgan fingerprint density at radius 1 is 1.07 bits per heavy atom. The number of nitrogens with zero attached hydrogens (tertiary/aromatic N) is 3. The Hall–Kier alpha value is -3.43. The molecule has 0 spiro atoms. The van der Waals surface area contributed by atoms with E-state index in [1.54, 1.807) is 23.1 Å². The quantitative estimate of drug-likeness (QED) is 0.444. The molecule has 1 amide bonds. The smallest absolute Gasteiger partial charge is 0.331 e. The van der Waals surface area contributed by atoms with Gasteiger partial charge in [0.2, 0.25) is 5.91 Å². The van der Waals surface area contributed by atoms with Crippen LogP contribution in [-0.4, -0.2) is 41.9 Å². The van der Waals surface area contributed by atoms with E-state index >= 15 is 0 Å². The standard InChI is InChI=1S/C19H17F3N4O3/c20-19(21,22)15-4-7-17(23-13-15)24-9-11-25(12-10-24)18(27)8-3-14-1-5-16(6-2-14)26(28)29/h1-8,13H,9-12H2/p+1/b8-3+. The summed E-state index contributed by atoms with van der Waals surface area (Å²) in [6, 6.07) is 8.25. The van der Waals surface area contributed by atoms with Crippen molar-refractivity contribution in [3.05, 3.63) is 69.9 Å². The molecule has 2 aromatic rings. The largest absolute Gasteiger partial charge is 0.419 e. The van der Waals surface area contributed by atoms with Gasteiger partial charge in [-0.25, -0.2) is 4.98 Å². The number of hydrogen-bond donors (Lipinski definition) is 0. The molecule has 3 rings (SSSR count). The maximum atomic E-state index is 12.6. The fraction of sp³-hybridized carbons (Fsp3) is 0.263. The third kappa shape index (κ3) is 5.09. The number of aromatic amines is 1. The van der Waals surface area contributed by atoms with Crippen LogP contribution in [-0.2, 0) is 11.0 Å². The molecule has 1 aliphatic rings. The van der Waals surface area contributed by atoms with E-state index in [0.717, 1.165) is 12.3 Å². The molecule has 1 aromatic carbocycles. The second-order valence-electron chi connectivity index (χ2n) is 6.45. The summed E-state index contributed by atoms with van der Waals surface area (Å²) in [6.45, 7) is 1.83. The highest BCUT2D eigenvalue weighted by Gasteiger charge is 2.32. The highest BCUT2D eigenvalue weighted by atomic mass is 19.4. The summed E-state index contributed by atoms with van der Waals surface area (Å²) in [5, 5.41) is 10.6. The molecule has 152 valence electrons. The number of rotatable bonds is 4. The number of benzene rings is 1. The van der Waals surface area contributed by atoms with Crippen molar-refractivity contribution in [3.63, 3.8) is 0 Å². The molecule has 10 heteroatoms. The minimum absolute atomic E-state index is 0.0235. The second-order valence-corrected chi connectivity index (χ2v) is 6.45. The molecule has 7 nitrogen and oxygen atoms in total. The summed E-state index contributed by atoms with van der Waals surface area (Å²) in [7, 11) is 0. The predicted octanol–water partition coefficient (Wildman–Crippen LogP) is 2.79. The summed E-state index contributed by atoms with van der Waals surface area (Å²) in [4.78, 5) is 28.7. The van der Waals surface area contributed by atoms with Crippen molar-refractivity contribution in [2.45, 2.75) is 6.18 Å². The Balaban J connectivity index is 1.54. The van der Waals surface area contributed by atoms with E-state index in [2.05, 4.69) is 4.98 Å². The minimum atomic E-state index is -4.39. The number of carbonyl (C=O) groups is 1. The van der Waals surface area contributed by atoms with Crippen LogP contribution in [0.4, 0.5) is 24.7 Å². The SMILES string of the molecule is O=C(/C=C/c1ccc([N+](=O)[O-])cc1)N1CCN(c2ccc(C(F)(F)F)c[nH+]2)CC1. The van der Waals surface area contributed by atoms with Gasteiger partial charge in [-0.3, -0.25) is 19.8 Å². The third-order valence-corrected chi connectivity index (χ3v) is 4.58. The first-order valence-electron chi connectivity index (χ1n) is 8.79. The molecule has 29 heavy (non-hydrogen) atoms. The number of hydrogen-bond acceptors (Lipinski definition) is 4. The first kappa shape index (κ1) is 20.3. The molecule has 0 atom stereocenters. The molecule has 0 unspecified atom stereocenters. The number of pyridine rings is 1. The maximum Gasteiger partial charge on any atom is 0.419 e. The van der Waals surface area contributed by atoms with Gasteiger partial charge in [-0.05, 0) is 29.8 Å². The van der Waals surface area contributed by atoms with Gasteiger partial charge >= 0.3 is 6.18 Å². The number of non-ortho nitro benzene ring substituents is 1. The zero-order valence-corrected chi connectivity index (χ0v) is 15.2. The fourth-order valence-corrected chi connectivity index (χ4v) is 2.94. The number of piperazine rings is 1. The Bertz CT molecular complexity index is 904. The lowest BCUT2D eigenvalue weighted by molar-refractivity contribution is -0.384. The van der Waals surface area contributed by atoms with E-state index in [1.807, 2.05) is 4.90 Å². The average molecular weight is 407 g/mol. The summed E-state index contributed by atoms with van der Waals surface area (Å²) >= 11 is 0. The van der Waals surface area contributed by atoms with Crippen LogP contribution in [0.15, 0.2) is 48.7 Å². The molecule has 1 aromatic heterocycles. The predicted molar refractivity (Wildman–Crippen MR) is 98.9 cm³/mol. The summed E-state index contributed by atoms with van der Waals surface area (Å²) in [5.41, 5.74) is -0.0990. The van der Waals surface area contributed by atoms with E-state index in [4.69, 9.17) is 0 Å². The van der Waals surface area contributed by atoms with Crippen LogP contribution in [0.25, 0.3) is 6.08 Å².